The number of rotatable bonds is 2. The monoisotopic (exact) mass is 515 g/mol. The normalized spacial score (nSPS) is 13.2. The lowest BCUT2D eigenvalue weighted by atomic mass is 9.93. The lowest BCUT2D eigenvalue weighted by molar-refractivity contribution is 0.0734. The van der Waals surface area contributed by atoms with Crippen LogP contribution in [0.4, 0.5) is 0 Å². The van der Waals surface area contributed by atoms with Crippen LogP contribution < -0.4 is 5.43 Å². The Morgan fingerprint density at radius 2 is 1.67 bits per heavy atom. The fourth-order valence-electron chi connectivity index (χ4n) is 4.84. The van der Waals surface area contributed by atoms with Crippen molar-refractivity contribution < 1.29 is 14.3 Å². The van der Waals surface area contributed by atoms with Gasteiger partial charge in [-0.2, -0.15) is 0 Å². The minimum atomic E-state index is -0.361. The van der Waals surface area contributed by atoms with Crippen molar-refractivity contribution in [3.05, 3.63) is 110 Å². The Morgan fingerprint density at radius 1 is 0.917 bits per heavy atom. The molecule has 3 aromatic carbocycles. The zero-order valence-electron chi connectivity index (χ0n) is 18.9. The summed E-state index contributed by atoms with van der Waals surface area (Å²) >= 11 is 12.4. The Labute approximate surface area is 216 Å². The number of halogens is 2. The van der Waals surface area contributed by atoms with Crippen LogP contribution in [0, 0.1) is 0 Å². The van der Waals surface area contributed by atoms with Crippen LogP contribution in [0.3, 0.4) is 0 Å². The SMILES string of the molecule is O=C(c1ccc(-c2c3cc(Cl)c(=O)cc-3oc3cc(O)c(Cl)cc23)cc1)N1CCc2ccccc2C1. The summed E-state index contributed by atoms with van der Waals surface area (Å²) in [5.74, 6) is 0.181. The third-order valence-corrected chi connectivity index (χ3v) is 7.28. The largest absolute Gasteiger partial charge is 0.506 e. The van der Waals surface area contributed by atoms with Crippen molar-refractivity contribution in [2.24, 2.45) is 0 Å². The van der Waals surface area contributed by atoms with E-state index in [0.717, 1.165) is 17.5 Å². The van der Waals surface area contributed by atoms with E-state index in [1.165, 1.54) is 23.3 Å². The maximum absolute atomic E-state index is 13.3. The second-order valence-electron chi connectivity index (χ2n) is 8.88. The van der Waals surface area contributed by atoms with Crippen molar-refractivity contribution in [3.63, 3.8) is 0 Å². The van der Waals surface area contributed by atoms with Crippen molar-refractivity contribution in [2.45, 2.75) is 13.0 Å². The van der Waals surface area contributed by atoms with Gasteiger partial charge >= 0.3 is 0 Å². The fourth-order valence-corrected chi connectivity index (χ4v) is 5.17. The second-order valence-corrected chi connectivity index (χ2v) is 9.69. The maximum atomic E-state index is 13.3. The predicted molar refractivity (Wildman–Crippen MR) is 141 cm³/mol. The first-order valence-electron chi connectivity index (χ1n) is 11.4. The van der Waals surface area contributed by atoms with Gasteiger partial charge in [0.25, 0.3) is 5.91 Å². The lowest BCUT2D eigenvalue weighted by Gasteiger charge is -2.29. The minimum Gasteiger partial charge on any atom is -0.506 e. The highest BCUT2D eigenvalue weighted by Gasteiger charge is 2.23. The van der Waals surface area contributed by atoms with Crippen LogP contribution in [0.25, 0.3) is 33.4 Å². The van der Waals surface area contributed by atoms with E-state index in [-0.39, 0.29) is 27.1 Å². The summed E-state index contributed by atoms with van der Waals surface area (Å²) in [7, 11) is 0. The molecule has 1 N–H and O–H groups in total. The first kappa shape index (κ1) is 22.7. The average Bonchev–Trinajstić information content (AvgIpc) is 2.89. The maximum Gasteiger partial charge on any atom is 0.254 e. The topological polar surface area (TPSA) is 70.8 Å². The number of fused-ring (bicyclic) bond motifs is 3. The molecule has 0 aromatic heterocycles. The van der Waals surface area contributed by atoms with Crippen molar-refractivity contribution in [2.75, 3.05) is 6.54 Å². The molecule has 0 spiro atoms. The van der Waals surface area contributed by atoms with E-state index >= 15 is 0 Å². The van der Waals surface area contributed by atoms with Gasteiger partial charge in [-0.25, -0.2) is 0 Å². The van der Waals surface area contributed by atoms with E-state index < -0.39 is 0 Å². The van der Waals surface area contributed by atoms with Crippen LogP contribution in [-0.2, 0) is 13.0 Å². The fraction of sp³-hybridized carbons (Fsp3) is 0.103. The number of nitrogens with zero attached hydrogens (tertiary/aromatic N) is 1. The molecule has 1 aliphatic carbocycles. The minimum absolute atomic E-state index is 0.0270. The molecule has 0 bridgehead atoms. The number of carbonyl (C=O) groups is 1. The highest BCUT2D eigenvalue weighted by molar-refractivity contribution is 6.33. The number of hydrogen-bond donors (Lipinski definition) is 1. The number of carbonyl (C=O) groups excluding carboxylic acids is 1. The first-order chi connectivity index (χ1) is 17.4. The second kappa shape index (κ2) is 8.70. The summed E-state index contributed by atoms with van der Waals surface area (Å²) in [6.45, 7) is 1.26. The summed E-state index contributed by atoms with van der Waals surface area (Å²) in [6, 6.07) is 21.5. The zero-order valence-corrected chi connectivity index (χ0v) is 20.4. The Morgan fingerprint density at radius 3 is 2.44 bits per heavy atom. The van der Waals surface area contributed by atoms with Crippen LogP contribution in [-0.4, -0.2) is 22.5 Å². The van der Waals surface area contributed by atoms with Gasteiger partial charge in [0.1, 0.15) is 17.1 Å². The van der Waals surface area contributed by atoms with Crippen molar-refractivity contribution >= 4 is 40.1 Å². The van der Waals surface area contributed by atoms with Crippen LogP contribution >= 0.6 is 23.2 Å². The van der Waals surface area contributed by atoms with E-state index in [4.69, 9.17) is 27.6 Å². The van der Waals surface area contributed by atoms with Crippen LogP contribution in [0.15, 0.2) is 82.0 Å². The summed E-state index contributed by atoms with van der Waals surface area (Å²) in [5.41, 5.74) is 5.21. The molecule has 6 rings (SSSR count). The van der Waals surface area contributed by atoms with Crippen molar-refractivity contribution in [3.8, 4) is 28.2 Å². The van der Waals surface area contributed by atoms with Gasteiger partial charge in [-0.15, -0.1) is 0 Å². The molecule has 0 radical (unpaired) electrons. The Kier molecular flexibility index (Phi) is 5.47. The van der Waals surface area contributed by atoms with E-state index in [1.54, 1.807) is 24.3 Å². The van der Waals surface area contributed by atoms with E-state index in [1.807, 2.05) is 29.2 Å². The molecule has 178 valence electrons. The lowest BCUT2D eigenvalue weighted by Crippen LogP contribution is -2.35. The third-order valence-electron chi connectivity index (χ3n) is 6.68. The Bertz CT molecular complexity index is 1690. The first-order valence-corrected chi connectivity index (χ1v) is 12.2. The molecular weight excluding hydrogens is 497 g/mol. The smallest absolute Gasteiger partial charge is 0.254 e. The van der Waals surface area contributed by atoms with E-state index in [2.05, 4.69) is 12.1 Å². The molecule has 0 fully saturated rings. The Hall–Kier alpha value is -3.80. The van der Waals surface area contributed by atoms with Gasteiger partial charge < -0.3 is 14.4 Å². The van der Waals surface area contributed by atoms with Crippen molar-refractivity contribution in [1.82, 2.24) is 4.90 Å². The van der Waals surface area contributed by atoms with Gasteiger partial charge in [0, 0.05) is 47.3 Å². The predicted octanol–water partition coefficient (Wildman–Crippen LogP) is 6.78. The molecule has 3 aromatic rings. The van der Waals surface area contributed by atoms with Gasteiger partial charge in [-0.3, -0.25) is 9.59 Å². The highest BCUT2D eigenvalue weighted by atomic mass is 35.5. The molecule has 1 amide bonds. The van der Waals surface area contributed by atoms with Gasteiger partial charge in [0.15, 0.2) is 0 Å². The third kappa shape index (κ3) is 3.81. The molecule has 0 unspecified atom stereocenters. The number of amides is 1. The molecule has 0 saturated carbocycles. The number of phenolic OH excluding ortho intramolecular Hbond substituents is 1. The zero-order chi connectivity index (χ0) is 25.0. The number of phenols is 1. The molecule has 2 aliphatic heterocycles. The Balaban J connectivity index is 1.43. The summed E-state index contributed by atoms with van der Waals surface area (Å²) in [6.07, 6.45) is 0.835. The molecule has 2 heterocycles. The average molecular weight is 516 g/mol. The molecule has 0 atom stereocenters. The molecule has 7 heteroatoms. The molecule has 5 nitrogen and oxygen atoms in total. The number of aromatic hydroxyl groups is 1. The van der Waals surface area contributed by atoms with Crippen LogP contribution in [0.5, 0.6) is 5.75 Å². The van der Waals surface area contributed by atoms with Crippen LogP contribution in [0.1, 0.15) is 21.5 Å². The molecule has 3 aliphatic rings. The van der Waals surface area contributed by atoms with Gasteiger partial charge in [0.2, 0.25) is 5.43 Å². The van der Waals surface area contributed by atoms with E-state index in [9.17, 15) is 14.7 Å². The summed E-state index contributed by atoms with van der Waals surface area (Å²) in [4.78, 5) is 27.3. The molecule has 0 saturated heterocycles. The van der Waals surface area contributed by atoms with E-state index in [0.29, 0.717) is 40.9 Å². The molecular formula is C29H19Cl2NO4. The number of hydrogen-bond acceptors (Lipinski definition) is 4. The molecule has 36 heavy (non-hydrogen) atoms. The summed E-state index contributed by atoms with van der Waals surface area (Å²) in [5, 5.41) is 11.0. The van der Waals surface area contributed by atoms with Gasteiger partial charge in [-0.05, 0) is 47.4 Å². The highest BCUT2D eigenvalue weighted by Crippen LogP contribution is 2.43. The van der Waals surface area contributed by atoms with Crippen LogP contribution in [0.2, 0.25) is 10.0 Å². The number of benzene rings is 4. The quantitative estimate of drug-likeness (QED) is 0.263. The van der Waals surface area contributed by atoms with Gasteiger partial charge in [-0.1, -0.05) is 59.6 Å². The van der Waals surface area contributed by atoms with Crippen molar-refractivity contribution in [1.29, 1.82) is 0 Å². The standard InChI is InChI=1S/C29H19Cl2NO4/c30-22-11-20-26(13-24(22)33)36-27-14-25(34)23(31)12-21(27)28(20)17-5-7-18(8-6-17)29(35)32-10-9-16-3-1-2-4-19(16)15-32/h1-8,11-14,33H,9-10,15H2. The van der Waals surface area contributed by atoms with Gasteiger partial charge in [0.05, 0.1) is 10.0 Å². The summed E-state index contributed by atoms with van der Waals surface area (Å²) < 4.78 is 5.91.